The summed E-state index contributed by atoms with van der Waals surface area (Å²) in [6, 6.07) is 15.1. The summed E-state index contributed by atoms with van der Waals surface area (Å²) in [6.07, 6.45) is 5.75. The molecule has 0 spiro atoms. The van der Waals surface area contributed by atoms with Crippen LogP contribution in [0, 0.1) is 5.92 Å². The molecule has 2 aromatic carbocycles. The van der Waals surface area contributed by atoms with Crippen LogP contribution in [-0.4, -0.2) is 45.9 Å². The first-order chi connectivity index (χ1) is 16.5. The van der Waals surface area contributed by atoms with E-state index in [1.165, 1.54) is 0 Å². The quantitative estimate of drug-likeness (QED) is 0.434. The number of unbranched alkanes of at least 4 members (excludes halogenated alkanes) is 2. The Bertz CT molecular complexity index is 1130. The molecule has 2 heterocycles. The molecule has 1 aromatic heterocycles. The van der Waals surface area contributed by atoms with E-state index in [9.17, 15) is 9.59 Å². The molecule has 1 N–H and O–H groups in total. The summed E-state index contributed by atoms with van der Waals surface area (Å²) in [4.78, 5) is 32.1. The van der Waals surface area contributed by atoms with Crippen LogP contribution in [-0.2, 0) is 17.8 Å². The molecule has 0 radical (unpaired) electrons. The third kappa shape index (κ3) is 5.98. The lowest BCUT2D eigenvalue weighted by molar-refractivity contribution is -0.133. The monoisotopic (exact) mass is 480 g/mol. The molecule has 0 aliphatic carbocycles. The number of carbonyl (C=O) groups excluding carboxylic acids is 2. The molecule has 4 rings (SSSR count). The van der Waals surface area contributed by atoms with Gasteiger partial charge in [0, 0.05) is 26.1 Å². The van der Waals surface area contributed by atoms with Gasteiger partial charge in [-0.1, -0.05) is 49.2 Å². The summed E-state index contributed by atoms with van der Waals surface area (Å²) in [5.41, 5.74) is 2.46. The zero-order chi connectivity index (χ0) is 23.9. The molecular formula is C27H33ClN4O2. The zero-order valence-corrected chi connectivity index (χ0v) is 20.6. The number of aromatic nitrogens is 2. The predicted molar refractivity (Wildman–Crippen MR) is 136 cm³/mol. The third-order valence-corrected chi connectivity index (χ3v) is 6.97. The second-order valence-electron chi connectivity index (χ2n) is 9.21. The highest BCUT2D eigenvalue weighted by Gasteiger charge is 2.22. The van der Waals surface area contributed by atoms with Gasteiger partial charge >= 0.3 is 0 Å². The molecule has 34 heavy (non-hydrogen) atoms. The number of fused-ring (bicyclic) bond motifs is 1. The van der Waals surface area contributed by atoms with E-state index in [0.717, 1.165) is 68.5 Å². The summed E-state index contributed by atoms with van der Waals surface area (Å²) >= 11 is 6.09. The van der Waals surface area contributed by atoms with E-state index in [-0.39, 0.29) is 11.8 Å². The Morgan fingerprint density at radius 1 is 1.03 bits per heavy atom. The molecule has 0 saturated carbocycles. The fourth-order valence-electron chi connectivity index (χ4n) is 4.51. The van der Waals surface area contributed by atoms with Gasteiger partial charge in [0.15, 0.2) is 0 Å². The minimum absolute atomic E-state index is 0.141. The van der Waals surface area contributed by atoms with E-state index < -0.39 is 0 Å². The van der Waals surface area contributed by atoms with Crippen molar-refractivity contribution in [2.75, 3.05) is 19.6 Å². The standard InChI is InChI=1S/C27H33ClN4O2/c1-20-14-17-31(18-15-20)26(33)19-32-24-12-7-6-11-23(24)30-25(32)13-3-2-8-16-29-27(34)21-9-4-5-10-22(21)28/h4-7,9-12,20H,2-3,8,13-19H2,1H3,(H,29,34). The van der Waals surface area contributed by atoms with Crippen LogP contribution in [0.5, 0.6) is 0 Å². The maximum Gasteiger partial charge on any atom is 0.252 e. The van der Waals surface area contributed by atoms with Crippen molar-refractivity contribution < 1.29 is 9.59 Å². The van der Waals surface area contributed by atoms with E-state index in [1.807, 2.05) is 41.3 Å². The number of nitrogens with one attached hydrogen (secondary N) is 1. The second kappa shape index (κ2) is 11.5. The number of benzene rings is 2. The first kappa shape index (κ1) is 24.3. The molecule has 0 bridgehead atoms. The molecule has 6 nitrogen and oxygen atoms in total. The van der Waals surface area contributed by atoms with Gasteiger partial charge in [0.05, 0.1) is 21.6 Å². The van der Waals surface area contributed by atoms with Gasteiger partial charge in [-0.2, -0.15) is 0 Å². The lowest BCUT2D eigenvalue weighted by Crippen LogP contribution is -2.39. The maximum atomic E-state index is 13.0. The normalized spacial score (nSPS) is 14.5. The van der Waals surface area contributed by atoms with Crippen molar-refractivity contribution in [2.45, 2.75) is 52.0 Å². The van der Waals surface area contributed by atoms with Crippen molar-refractivity contribution in [3.8, 4) is 0 Å². The minimum Gasteiger partial charge on any atom is -0.352 e. The molecule has 1 saturated heterocycles. The van der Waals surface area contributed by atoms with E-state index in [1.54, 1.807) is 12.1 Å². The number of imidazole rings is 1. The fraction of sp³-hybridized carbons (Fsp3) is 0.444. The Hall–Kier alpha value is -2.86. The summed E-state index contributed by atoms with van der Waals surface area (Å²) in [7, 11) is 0. The van der Waals surface area contributed by atoms with E-state index >= 15 is 0 Å². The van der Waals surface area contributed by atoms with Crippen LogP contribution in [0.3, 0.4) is 0 Å². The topological polar surface area (TPSA) is 67.2 Å². The maximum absolute atomic E-state index is 13.0. The molecule has 0 atom stereocenters. The highest BCUT2D eigenvalue weighted by Crippen LogP contribution is 2.20. The average Bonchev–Trinajstić information content (AvgIpc) is 3.19. The van der Waals surface area contributed by atoms with E-state index in [4.69, 9.17) is 16.6 Å². The van der Waals surface area contributed by atoms with Crippen LogP contribution in [0.4, 0.5) is 0 Å². The first-order valence-corrected chi connectivity index (χ1v) is 12.7. The van der Waals surface area contributed by atoms with Gasteiger partial charge < -0.3 is 14.8 Å². The number of carbonyl (C=O) groups is 2. The van der Waals surface area contributed by atoms with Crippen molar-refractivity contribution in [3.05, 3.63) is 64.9 Å². The number of para-hydroxylation sites is 2. The van der Waals surface area contributed by atoms with Crippen LogP contribution >= 0.6 is 11.6 Å². The molecule has 1 fully saturated rings. The molecule has 7 heteroatoms. The van der Waals surface area contributed by atoms with Crippen LogP contribution < -0.4 is 5.32 Å². The molecule has 180 valence electrons. The Morgan fingerprint density at radius 2 is 1.76 bits per heavy atom. The van der Waals surface area contributed by atoms with E-state index in [2.05, 4.69) is 16.8 Å². The van der Waals surface area contributed by atoms with E-state index in [0.29, 0.717) is 29.6 Å². The van der Waals surface area contributed by atoms with Gasteiger partial charge in [-0.3, -0.25) is 9.59 Å². The van der Waals surface area contributed by atoms with Crippen molar-refractivity contribution >= 4 is 34.4 Å². The summed E-state index contributed by atoms with van der Waals surface area (Å²) in [5.74, 6) is 1.69. The number of halogens is 1. The minimum atomic E-state index is -0.141. The number of likely N-dealkylation sites (tertiary alicyclic amines) is 1. The molecule has 3 aromatic rings. The lowest BCUT2D eigenvalue weighted by Gasteiger charge is -2.30. The number of aryl methyl sites for hydroxylation is 1. The summed E-state index contributed by atoms with van der Waals surface area (Å²) in [5, 5.41) is 3.41. The Balaban J connectivity index is 1.30. The molecule has 1 aliphatic heterocycles. The molecule has 0 unspecified atom stereocenters. The van der Waals surface area contributed by atoms with Gasteiger partial charge in [0.2, 0.25) is 5.91 Å². The lowest BCUT2D eigenvalue weighted by atomic mass is 9.99. The van der Waals surface area contributed by atoms with Gasteiger partial charge in [0.1, 0.15) is 12.4 Å². The Morgan fingerprint density at radius 3 is 2.56 bits per heavy atom. The van der Waals surface area contributed by atoms with Gasteiger partial charge in [-0.05, 0) is 55.9 Å². The van der Waals surface area contributed by atoms with Gasteiger partial charge in [-0.25, -0.2) is 4.98 Å². The van der Waals surface area contributed by atoms with Crippen LogP contribution in [0.25, 0.3) is 11.0 Å². The highest BCUT2D eigenvalue weighted by molar-refractivity contribution is 6.33. The van der Waals surface area contributed by atoms with Crippen molar-refractivity contribution in [2.24, 2.45) is 5.92 Å². The molecule has 2 amide bonds. The van der Waals surface area contributed by atoms with Crippen LogP contribution in [0.15, 0.2) is 48.5 Å². The number of hydrogen-bond donors (Lipinski definition) is 1. The van der Waals surface area contributed by atoms with Gasteiger partial charge in [-0.15, -0.1) is 0 Å². The van der Waals surface area contributed by atoms with Crippen LogP contribution in [0.2, 0.25) is 5.02 Å². The van der Waals surface area contributed by atoms with Crippen LogP contribution in [0.1, 0.15) is 55.2 Å². The number of rotatable bonds is 9. The van der Waals surface area contributed by atoms with Crippen molar-refractivity contribution in [1.82, 2.24) is 19.8 Å². The summed E-state index contributed by atoms with van der Waals surface area (Å²) < 4.78 is 2.09. The Labute approximate surface area is 206 Å². The number of nitrogens with zero attached hydrogens (tertiary/aromatic N) is 3. The second-order valence-corrected chi connectivity index (χ2v) is 9.62. The van der Waals surface area contributed by atoms with Crippen molar-refractivity contribution in [1.29, 1.82) is 0 Å². The highest BCUT2D eigenvalue weighted by atomic mass is 35.5. The summed E-state index contributed by atoms with van der Waals surface area (Å²) in [6.45, 7) is 4.90. The number of hydrogen-bond acceptors (Lipinski definition) is 3. The van der Waals surface area contributed by atoms with Crippen molar-refractivity contribution in [3.63, 3.8) is 0 Å². The fourth-order valence-corrected chi connectivity index (χ4v) is 4.73. The largest absolute Gasteiger partial charge is 0.352 e. The molecule has 1 aliphatic rings. The average molecular weight is 481 g/mol. The molecular weight excluding hydrogens is 448 g/mol. The van der Waals surface area contributed by atoms with Gasteiger partial charge in [0.25, 0.3) is 5.91 Å². The smallest absolute Gasteiger partial charge is 0.252 e. The number of amides is 2. The SMILES string of the molecule is CC1CCN(C(=O)Cn2c(CCCCCNC(=O)c3ccccc3Cl)nc3ccccc32)CC1. The zero-order valence-electron chi connectivity index (χ0n) is 19.8. The first-order valence-electron chi connectivity index (χ1n) is 12.3. The Kier molecular flexibility index (Phi) is 8.22. The number of piperidine rings is 1. The third-order valence-electron chi connectivity index (χ3n) is 6.64. The predicted octanol–water partition coefficient (Wildman–Crippen LogP) is 5.09.